The van der Waals surface area contributed by atoms with E-state index in [9.17, 15) is 9.18 Å². The van der Waals surface area contributed by atoms with Crippen LogP contribution in [0.25, 0.3) is 0 Å². The summed E-state index contributed by atoms with van der Waals surface area (Å²) in [6.45, 7) is 5.69. The van der Waals surface area contributed by atoms with E-state index >= 15 is 0 Å². The number of benzene rings is 1. The highest BCUT2D eigenvalue weighted by atomic mass is 19.1. The van der Waals surface area contributed by atoms with Gasteiger partial charge in [-0.25, -0.2) is 4.39 Å². The summed E-state index contributed by atoms with van der Waals surface area (Å²) in [5.41, 5.74) is 1.93. The van der Waals surface area contributed by atoms with Crippen molar-refractivity contribution in [1.82, 2.24) is 4.90 Å². The fourth-order valence-electron chi connectivity index (χ4n) is 4.18. The van der Waals surface area contributed by atoms with Gasteiger partial charge in [0, 0.05) is 31.1 Å². The van der Waals surface area contributed by atoms with Gasteiger partial charge in [-0.15, -0.1) is 0 Å². The van der Waals surface area contributed by atoms with Crippen LogP contribution in [0, 0.1) is 11.7 Å². The van der Waals surface area contributed by atoms with Crippen molar-refractivity contribution >= 4 is 11.6 Å². The highest BCUT2D eigenvalue weighted by Crippen LogP contribution is 2.47. The smallest absolute Gasteiger partial charge is 0.223 e. The molecule has 2 aliphatic heterocycles. The first-order valence-corrected chi connectivity index (χ1v) is 8.38. The molecular formula is C18H23FN2O. The Labute approximate surface area is 131 Å². The van der Waals surface area contributed by atoms with Gasteiger partial charge in [0.15, 0.2) is 0 Å². The molecule has 1 spiro atoms. The highest BCUT2D eigenvalue weighted by molar-refractivity contribution is 5.94. The van der Waals surface area contributed by atoms with Gasteiger partial charge in [-0.1, -0.05) is 0 Å². The fraction of sp³-hybridized carbons (Fsp3) is 0.611. The Morgan fingerprint density at radius 3 is 2.68 bits per heavy atom. The molecule has 1 saturated heterocycles. The number of amides is 1. The van der Waals surface area contributed by atoms with Crippen LogP contribution >= 0.6 is 0 Å². The summed E-state index contributed by atoms with van der Waals surface area (Å²) >= 11 is 0. The number of rotatable bonds is 2. The molecule has 1 aromatic carbocycles. The minimum atomic E-state index is -0.191. The number of halogens is 1. The topological polar surface area (TPSA) is 23.6 Å². The number of carbonyl (C=O) groups excluding carboxylic acids is 1. The first kappa shape index (κ1) is 14.2. The second-order valence-electron chi connectivity index (χ2n) is 7.29. The number of piperidine rings is 1. The predicted octanol–water partition coefficient (Wildman–Crippen LogP) is 2.94. The second-order valence-corrected chi connectivity index (χ2v) is 7.29. The molecule has 0 atom stereocenters. The van der Waals surface area contributed by atoms with E-state index in [0.29, 0.717) is 0 Å². The Bertz CT molecular complexity index is 603. The lowest BCUT2D eigenvalue weighted by Crippen LogP contribution is -2.46. The zero-order valence-electron chi connectivity index (χ0n) is 13.1. The second kappa shape index (κ2) is 5.05. The summed E-state index contributed by atoms with van der Waals surface area (Å²) in [7, 11) is 0. The Morgan fingerprint density at radius 1 is 1.32 bits per heavy atom. The maximum Gasteiger partial charge on any atom is 0.223 e. The molecule has 4 heteroatoms. The summed E-state index contributed by atoms with van der Waals surface area (Å²) in [6, 6.07) is 4.90. The van der Waals surface area contributed by atoms with Gasteiger partial charge in [0.05, 0.1) is 0 Å². The van der Waals surface area contributed by atoms with Crippen LogP contribution < -0.4 is 4.90 Å². The van der Waals surface area contributed by atoms with E-state index in [1.807, 2.05) is 4.90 Å². The minimum absolute atomic E-state index is 0.0385. The number of hydrogen-bond acceptors (Lipinski definition) is 2. The predicted molar refractivity (Wildman–Crippen MR) is 84.5 cm³/mol. The zero-order chi connectivity index (χ0) is 15.3. The van der Waals surface area contributed by atoms with Crippen molar-refractivity contribution in [3.63, 3.8) is 0 Å². The Balaban J connectivity index is 1.60. The molecule has 0 radical (unpaired) electrons. The van der Waals surface area contributed by atoms with Crippen LogP contribution in [0.15, 0.2) is 18.2 Å². The number of anilines is 1. The molecule has 2 fully saturated rings. The van der Waals surface area contributed by atoms with Gasteiger partial charge in [-0.3, -0.25) is 4.79 Å². The van der Waals surface area contributed by atoms with Gasteiger partial charge in [-0.2, -0.15) is 0 Å². The van der Waals surface area contributed by atoms with E-state index < -0.39 is 0 Å². The van der Waals surface area contributed by atoms with E-state index in [2.05, 4.69) is 4.90 Å². The molecule has 4 rings (SSSR count). The van der Waals surface area contributed by atoms with E-state index in [0.717, 1.165) is 49.6 Å². The average molecular weight is 302 g/mol. The quantitative estimate of drug-likeness (QED) is 0.838. The molecule has 3 nitrogen and oxygen atoms in total. The lowest BCUT2D eigenvalue weighted by Gasteiger charge is -2.40. The lowest BCUT2D eigenvalue weighted by atomic mass is 9.74. The van der Waals surface area contributed by atoms with Crippen LogP contribution in [0.4, 0.5) is 10.1 Å². The van der Waals surface area contributed by atoms with Crippen LogP contribution in [0.5, 0.6) is 0 Å². The number of nitrogens with zero attached hydrogens (tertiary/aromatic N) is 2. The molecule has 0 aromatic heterocycles. The summed E-state index contributed by atoms with van der Waals surface area (Å²) in [6.07, 6.45) is 4.82. The summed E-state index contributed by atoms with van der Waals surface area (Å²) in [5.74, 6) is 0.783. The normalized spacial score (nSPS) is 23.8. The van der Waals surface area contributed by atoms with E-state index in [1.54, 1.807) is 19.1 Å². The first-order valence-electron chi connectivity index (χ1n) is 8.38. The number of carbonyl (C=O) groups is 1. The standard InChI is InChI=1S/C18H23FN2O/c1-13(22)21-12-18(16-10-15(19)4-5-17(16)21)6-8-20(9-7-18)11-14-2-3-14/h4-5,10,14H,2-3,6-9,11-12H2,1H3. The van der Waals surface area contributed by atoms with Crippen molar-refractivity contribution in [2.45, 2.75) is 38.0 Å². The lowest BCUT2D eigenvalue weighted by molar-refractivity contribution is -0.116. The molecule has 1 amide bonds. The molecule has 0 bridgehead atoms. The third kappa shape index (κ3) is 2.34. The Morgan fingerprint density at radius 2 is 2.05 bits per heavy atom. The van der Waals surface area contributed by atoms with E-state index in [-0.39, 0.29) is 17.1 Å². The van der Waals surface area contributed by atoms with Crippen LogP contribution in [0.2, 0.25) is 0 Å². The molecule has 22 heavy (non-hydrogen) atoms. The van der Waals surface area contributed by atoms with Crippen LogP contribution in [-0.2, 0) is 10.2 Å². The summed E-state index contributed by atoms with van der Waals surface area (Å²) in [4.78, 5) is 16.4. The number of fused-ring (bicyclic) bond motifs is 2. The average Bonchev–Trinajstić information content (AvgIpc) is 3.26. The fourth-order valence-corrected chi connectivity index (χ4v) is 4.18. The molecule has 0 unspecified atom stereocenters. The molecule has 1 saturated carbocycles. The molecule has 0 N–H and O–H groups in total. The van der Waals surface area contributed by atoms with Crippen molar-refractivity contribution in [2.75, 3.05) is 31.1 Å². The Hall–Kier alpha value is -1.42. The van der Waals surface area contributed by atoms with Crippen molar-refractivity contribution in [3.05, 3.63) is 29.6 Å². The van der Waals surface area contributed by atoms with Crippen molar-refractivity contribution in [1.29, 1.82) is 0 Å². The maximum atomic E-state index is 13.8. The largest absolute Gasteiger partial charge is 0.311 e. The monoisotopic (exact) mass is 302 g/mol. The summed E-state index contributed by atoms with van der Waals surface area (Å²) in [5, 5.41) is 0. The molecule has 3 aliphatic rings. The summed E-state index contributed by atoms with van der Waals surface area (Å²) < 4.78 is 13.8. The van der Waals surface area contributed by atoms with Gasteiger partial charge >= 0.3 is 0 Å². The van der Waals surface area contributed by atoms with Crippen LogP contribution in [-0.4, -0.2) is 37.0 Å². The van der Waals surface area contributed by atoms with Gasteiger partial charge in [0.2, 0.25) is 5.91 Å². The van der Waals surface area contributed by atoms with Gasteiger partial charge in [-0.05, 0) is 68.5 Å². The van der Waals surface area contributed by atoms with Gasteiger partial charge in [0.1, 0.15) is 5.82 Å². The SMILES string of the molecule is CC(=O)N1CC2(CCN(CC3CC3)CC2)c2cc(F)ccc21. The molecule has 1 aliphatic carbocycles. The van der Waals surface area contributed by atoms with E-state index in [1.165, 1.54) is 25.5 Å². The van der Waals surface area contributed by atoms with Crippen LogP contribution in [0.3, 0.4) is 0 Å². The van der Waals surface area contributed by atoms with Gasteiger partial charge in [0.25, 0.3) is 0 Å². The molecule has 1 aromatic rings. The molecule has 118 valence electrons. The van der Waals surface area contributed by atoms with Crippen molar-refractivity contribution < 1.29 is 9.18 Å². The third-order valence-electron chi connectivity index (χ3n) is 5.69. The van der Waals surface area contributed by atoms with Crippen molar-refractivity contribution in [3.8, 4) is 0 Å². The Kier molecular flexibility index (Phi) is 3.26. The minimum Gasteiger partial charge on any atom is -0.311 e. The number of hydrogen-bond donors (Lipinski definition) is 0. The molecule has 2 heterocycles. The zero-order valence-corrected chi connectivity index (χ0v) is 13.1. The van der Waals surface area contributed by atoms with E-state index in [4.69, 9.17) is 0 Å². The molecular weight excluding hydrogens is 279 g/mol. The highest BCUT2D eigenvalue weighted by Gasteiger charge is 2.46. The van der Waals surface area contributed by atoms with Crippen molar-refractivity contribution in [2.24, 2.45) is 5.92 Å². The third-order valence-corrected chi connectivity index (χ3v) is 5.69. The number of likely N-dealkylation sites (tertiary alicyclic amines) is 1. The van der Waals surface area contributed by atoms with Gasteiger partial charge < -0.3 is 9.80 Å². The first-order chi connectivity index (χ1) is 10.6. The van der Waals surface area contributed by atoms with Crippen LogP contribution in [0.1, 0.15) is 38.2 Å². The maximum absolute atomic E-state index is 13.8.